The molecule has 3 rings (SSSR count). The highest BCUT2D eigenvalue weighted by Gasteiger charge is 2.15. The van der Waals surface area contributed by atoms with Crippen LogP contribution >= 0.6 is 0 Å². The minimum atomic E-state index is 0.793. The number of benzene rings is 1. The van der Waals surface area contributed by atoms with Crippen molar-refractivity contribution in [2.75, 3.05) is 46.9 Å². The summed E-state index contributed by atoms with van der Waals surface area (Å²) in [5, 5.41) is 4.68. The molecule has 0 unspecified atom stereocenters. The van der Waals surface area contributed by atoms with E-state index < -0.39 is 0 Å². The van der Waals surface area contributed by atoms with Gasteiger partial charge in [-0.05, 0) is 25.0 Å². The second-order valence-electron chi connectivity index (χ2n) is 6.01. The molecule has 1 aliphatic rings. The fourth-order valence-electron chi connectivity index (χ4n) is 3.36. The zero-order valence-corrected chi connectivity index (χ0v) is 14.4. The zero-order chi connectivity index (χ0) is 16.2. The number of aryl methyl sites for hydroxylation is 1. The number of piperazine rings is 1. The van der Waals surface area contributed by atoms with E-state index in [9.17, 15) is 0 Å². The Hall–Kier alpha value is -1.72. The van der Waals surface area contributed by atoms with E-state index in [1.165, 1.54) is 16.5 Å². The zero-order valence-electron chi connectivity index (χ0n) is 14.4. The first kappa shape index (κ1) is 16.1. The van der Waals surface area contributed by atoms with E-state index in [2.05, 4.69) is 40.0 Å². The van der Waals surface area contributed by atoms with E-state index in [4.69, 9.17) is 9.47 Å². The molecule has 0 amide bonds. The first-order valence-corrected chi connectivity index (χ1v) is 8.43. The average molecular weight is 317 g/mol. The van der Waals surface area contributed by atoms with Gasteiger partial charge in [-0.3, -0.25) is 0 Å². The Morgan fingerprint density at radius 1 is 1.09 bits per heavy atom. The van der Waals surface area contributed by atoms with Gasteiger partial charge < -0.3 is 24.3 Å². The number of hydrogen-bond acceptors (Lipinski definition) is 4. The Morgan fingerprint density at radius 2 is 1.78 bits per heavy atom. The number of nitrogens with one attached hydrogen (secondary N) is 1. The number of ether oxygens (including phenoxy) is 2. The van der Waals surface area contributed by atoms with E-state index in [0.717, 1.165) is 57.2 Å². The van der Waals surface area contributed by atoms with Crippen molar-refractivity contribution < 1.29 is 9.47 Å². The number of hydrogen-bond donors (Lipinski definition) is 1. The van der Waals surface area contributed by atoms with E-state index >= 15 is 0 Å². The summed E-state index contributed by atoms with van der Waals surface area (Å²) >= 11 is 0. The normalized spacial score (nSPS) is 16.0. The molecule has 2 aromatic rings. The molecule has 1 aromatic heterocycles. The van der Waals surface area contributed by atoms with Crippen LogP contribution in [0.25, 0.3) is 10.9 Å². The van der Waals surface area contributed by atoms with Crippen LogP contribution < -0.4 is 14.8 Å². The van der Waals surface area contributed by atoms with E-state index in [1.54, 1.807) is 14.2 Å². The van der Waals surface area contributed by atoms with Crippen molar-refractivity contribution in [2.45, 2.75) is 19.9 Å². The molecule has 0 atom stereocenters. The van der Waals surface area contributed by atoms with Gasteiger partial charge in [0.25, 0.3) is 0 Å². The van der Waals surface area contributed by atoms with Crippen molar-refractivity contribution in [1.82, 2.24) is 14.8 Å². The Kier molecular flexibility index (Phi) is 5.08. The summed E-state index contributed by atoms with van der Waals surface area (Å²) in [5.74, 6) is 1.60. The summed E-state index contributed by atoms with van der Waals surface area (Å²) in [7, 11) is 3.38. The summed E-state index contributed by atoms with van der Waals surface area (Å²) in [5.41, 5.74) is 2.61. The molecule has 0 radical (unpaired) electrons. The van der Waals surface area contributed by atoms with Crippen molar-refractivity contribution in [3.63, 3.8) is 0 Å². The Labute approximate surface area is 138 Å². The van der Waals surface area contributed by atoms with Crippen LogP contribution in [0.2, 0.25) is 0 Å². The predicted octanol–water partition coefficient (Wildman–Crippen LogP) is 2.13. The number of rotatable bonds is 6. The van der Waals surface area contributed by atoms with Gasteiger partial charge >= 0.3 is 0 Å². The second-order valence-corrected chi connectivity index (χ2v) is 6.01. The molecule has 1 fully saturated rings. The predicted molar refractivity (Wildman–Crippen MR) is 93.7 cm³/mol. The average Bonchev–Trinajstić information content (AvgIpc) is 2.96. The Balaban J connectivity index is 1.89. The van der Waals surface area contributed by atoms with Gasteiger partial charge in [0, 0.05) is 56.9 Å². The van der Waals surface area contributed by atoms with Gasteiger partial charge in [-0.15, -0.1) is 0 Å². The number of nitrogens with zero attached hydrogens (tertiary/aromatic N) is 2. The largest absolute Gasteiger partial charge is 0.493 e. The highest BCUT2D eigenvalue weighted by Crippen LogP contribution is 2.34. The Morgan fingerprint density at radius 3 is 2.43 bits per heavy atom. The Bertz CT molecular complexity index is 660. The lowest BCUT2D eigenvalue weighted by Gasteiger charge is -2.26. The lowest BCUT2D eigenvalue weighted by atomic mass is 10.1. The van der Waals surface area contributed by atoms with Crippen LogP contribution in [0.15, 0.2) is 18.3 Å². The van der Waals surface area contributed by atoms with Gasteiger partial charge in [-0.25, -0.2) is 0 Å². The molecule has 5 heteroatoms. The first-order chi connectivity index (χ1) is 11.3. The van der Waals surface area contributed by atoms with Crippen molar-refractivity contribution in [2.24, 2.45) is 0 Å². The third-order valence-corrected chi connectivity index (χ3v) is 4.72. The standard InChI is InChI=1S/C18H27N3O2/c1-4-21-13-14(5-8-20-9-6-19-7-10-20)15-11-17(22-2)18(23-3)12-16(15)21/h11-13,19H,4-10H2,1-3H3. The molecular formula is C18H27N3O2. The highest BCUT2D eigenvalue weighted by atomic mass is 16.5. The summed E-state index contributed by atoms with van der Waals surface area (Å²) in [6, 6.07) is 4.21. The maximum Gasteiger partial charge on any atom is 0.162 e. The molecule has 1 saturated heterocycles. The molecule has 1 aromatic carbocycles. The van der Waals surface area contributed by atoms with Crippen molar-refractivity contribution in [3.8, 4) is 11.5 Å². The SMILES string of the molecule is CCn1cc(CCN2CCNCC2)c2cc(OC)c(OC)cc21. The molecule has 1 aliphatic heterocycles. The smallest absolute Gasteiger partial charge is 0.162 e. The maximum atomic E-state index is 5.48. The van der Waals surface area contributed by atoms with Gasteiger partial charge in [-0.1, -0.05) is 0 Å². The van der Waals surface area contributed by atoms with Crippen LogP contribution in [-0.2, 0) is 13.0 Å². The first-order valence-electron chi connectivity index (χ1n) is 8.43. The van der Waals surface area contributed by atoms with Gasteiger partial charge in [0.15, 0.2) is 11.5 Å². The van der Waals surface area contributed by atoms with Crippen molar-refractivity contribution in [3.05, 3.63) is 23.9 Å². The van der Waals surface area contributed by atoms with E-state index in [1.807, 2.05) is 0 Å². The molecule has 0 saturated carbocycles. The van der Waals surface area contributed by atoms with Crippen LogP contribution in [-0.4, -0.2) is 56.4 Å². The minimum Gasteiger partial charge on any atom is -0.493 e. The van der Waals surface area contributed by atoms with Gasteiger partial charge in [0.2, 0.25) is 0 Å². The molecule has 5 nitrogen and oxygen atoms in total. The quantitative estimate of drug-likeness (QED) is 0.886. The summed E-state index contributed by atoms with van der Waals surface area (Å²) in [6.45, 7) is 8.73. The van der Waals surface area contributed by atoms with E-state index in [-0.39, 0.29) is 0 Å². The summed E-state index contributed by atoms with van der Waals surface area (Å²) < 4.78 is 13.2. The lowest BCUT2D eigenvalue weighted by Crippen LogP contribution is -2.44. The van der Waals surface area contributed by atoms with Crippen LogP contribution in [0.3, 0.4) is 0 Å². The van der Waals surface area contributed by atoms with Gasteiger partial charge in [0.05, 0.1) is 19.7 Å². The molecule has 0 spiro atoms. The van der Waals surface area contributed by atoms with E-state index in [0.29, 0.717) is 0 Å². The molecule has 0 bridgehead atoms. The van der Waals surface area contributed by atoms with Crippen LogP contribution in [0.4, 0.5) is 0 Å². The van der Waals surface area contributed by atoms with Crippen LogP contribution in [0.1, 0.15) is 12.5 Å². The minimum absolute atomic E-state index is 0.793. The summed E-state index contributed by atoms with van der Waals surface area (Å²) in [4.78, 5) is 2.53. The fourth-order valence-corrected chi connectivity index (χ4v) is 3.36. The van der Waals surface area contributed by atoms with Crippen molar-refractivity contribution in [1.29, 1.82) is 0 Å². The monoisotopic (exact) mass is 317 g/mol. The highest BCUT2D eigenvalue weighted by molar-refractivity contribution is 5.87. The van der Waals surface area contributed by atoms with Gasteiger partial charge in [-0.2, -0.15) is 0 Å². The fraction of sp³-hybridized carbons (Fsp3) is 0.556. The van der Waals surface area contributed by atoms with Crippen LogP contribution in [0.5, 0.6) is 11.5 Å². The third kappa shape index (κ3) is 3.31. The molecule has 126 valence electrons. The topological polar surface area (TPSA) is 38.7 Å². The molecule has 2 heterocycles. The maximum absolute atomic E-state index is 5.48. The van der Waals surface area contributed by atoms with Gasteiger partial charge in [0.1, 0.15) is 0 Å². The lowest BCUT2D eigenvalue weighted by molar-refractivity contribution is 0.244. The molecule has 1 N–H and O–H groups in total. The third-order valence-electron chi connectivity index (χ3n) is 4.72. The number of methoxy groups -OCH3 is 2. The van der Waals surface area contributed by atoms with Crippen molar-refractivity contribution >= 4 is 10.9 Å². The summed E-state index contributed by atoms with van der Waals surface area (Å²) in [6.07, 6.45) is 3.35. The molecular weight excluding hydrogens is 290 g/mol. The van der Waals surface area contributed by atoms with Crippen LogP contribution in [0, 0.1) is 0 Å². The number of fused-ring (bicyclic) bond motifs is 1. The number of aromatic nitrogens is 1. The molecule has 0 aliphatic carbocycles. The molecule has 23 heavy (non-hydrogen) atoms. The second kappa shape index (κ2) is 7.23.